The minimum Gasteiger partial charge on any atom is -0.385 e. The molecule has 0 saturated carbocycles. The molecule has 1 aromatic rings. The zero-order chi connectivity index (χ0) is 14.6. The Balaban J connectivity index is 2.03. The Morgan fingerprint density at radius 1 is 1.55 bits per heavy atom. The van der Waals surface area contributed by atoms with E-state index in [1.807, 2.05) is 11.3 Å². The monoisotopic (exact) mass is 296 g/mol. The van der Waals surface area contributed by atoms with Crippen molar-refractivity contribution >= 4 is 17.2 Å². The van der Waals surface area contributed by atoms with E-state index in [0.29, 0.717) is 6.61 Å². The number of primary amides is 1. The number of piperidine rings is 1. The standard InChI is InChI=1S/C15H24N2O2S/c1-12-4-5-13(20-12)10-17-8-3-6-15(11-17,14(16)18)7-9-19-2/h4-5H,3,6-11H2,1-2H3,(H2,16,18). The van der Waals surface area contributed by atoms with E-state index in [1.54, 1.807) is 7.11 Å². The van der Waals surface area contributed by atoms with Gasteiger partial charge in [0, 0.05) is 36.6 Å². The molecule has 0 aliphatic carbocycles. The fourth-order valence-electron chi connectivity index (χ4n) is 2.98. The molecule has 1 atom stereocenters. The molecule has 1 aliphatic heterocycles. The van der Waals surface area contributed by atoms with Gasteiger partial charge in [0.05, 0.1) is 5.41 Å². The van der Waals surface area contributed by atoms with Crippen LogP contribution in [0.2, 0.25) is 0 Å². The predicted octanol–water partition coefficient (Wildman–Crippen LogP) is 2.16. The highest BCUT2D eigenvalue weighted by Gasteiger charge is 2.40. The number of amides is 1. The molecule has 5 heteroatoms. The van der Waals surface area contributed by atoms with E-state index in [2.05, 4.69) is 24.0 Å². The van der Waals surface area contributed by atoms with Crippen molar-refractivity contribution in [3.63, 3.8) is 0 Å². The molecule has 1 aromatic heterocycles. The molecule has 4 nitrogen and oxygen atoms in total. The molecule has 1 unspecified atom stereocenters. The molecular weight excluding hydrogens is 272 g/mol. The molecule has 2 rings (SSSR count). The number of likely N-dealkylation sites (tertiary alicyclic amines) is 1. The summed E-state index contributed by atoms with van der Waals surface area (Å²) in [5, 5.41) is 0. The highest BCUT2D eigenvalue weighted by Crippen LogP contribution is 2.34. The second-order valence-corrected chi connectivity index (χ2v) is 7.09. The summed E-state index contributed by atoms with van der Waals surface area (Å²) in [6.45, 7) is 5.42. The van der Waals surface area contributed by atoms with E-state index in [-0.39, 0.29) is 5.91 Å². The van der Waals surface area contributed by atoms with Crippen molar-refractivity contribution in [1.29, 1.82) is 0 Å². The highest BCUT2D eigenvalue weighted by molar-refractivity contribution is 7.11. The van der Waals surface area contributed by atoms with E-state index in [0.717, 1.165) is 38.9 Å². The molecule has 0 spiro atoms. The van der Waals surface area contributed by atoms with Crippen LogP contribution in [0, 0.1) is 12.3 Å². The SMILES string of the molecule is COCCC1(C(N)=O)CCCN(Cc2ccc(C)s2)C1. The minimum atomic E-state index is -0.416. The molecule has 1 saturated heterocycles. The first-order valence-corrected chi connectivity index (χ1v) is 7.94. The normalized spacial score (nSPS) is 23.9. The molecule has 112 valence electrons. The van der Waals surface area contributed by atoms with Crippen molar-refractivity contribution in [3.8, 4) is 0 Å². The van der Waals surface area contributed by atoms with E-state index in [9.17, 15) is 4.79 Å². The van der Waals surface area contributed by atoms with Crippen molar-refractivity contribution < 1.29 is 9.53 Å². The number of nitrogens with two attached hydrogens (primary N) is 1. The third kappa shape index (κ3) is 3.59. The zero-order valence-electron chi connectivity index (χ0n) is 12.4. The van der Waals surface area contributed by atoms with Gasteiger partial charge < -0.3 is 10.5 Å². The Morgan fingerprint density at radius 2 is 2.35 bits per heavy atom. The molecule has 2 N–H and O–H groups in total. The number of nitrogens with zero attached hydrogens (tertiary/aromatic N) is 1. The smallest absolute Gasteiger partial charge is 0.225 e. The van der Waals surface area contributed by atoms with Gasteiger partial charge in [0.15, 0.2) is 0 Å². The Kier molecular flexibility index (Phi) is 5.18. The van der Waals surface area contributed by atoms with E-state index in [4.69, 9.17) is 10.5 Å². The lowest BCUT2D eigenvalue weighted by molar-refractivity contribution is -0.132. The van der Waals surface area contributed by atoms with Crippen molar-refractivity contribution in [2.24, 2.45) is 11.1 Å². The van der Waals surface area contributed by atoms with Gasteiger partial charge >= 0.3 is 0 Å². The molecule has 0 bridgehead atoms. The number of ether oxygens (including phenoxy) is 1. The Morgan fingerprint density at radius 3 is 2.95 bits per heavy atom. The summed E-state index contributed by atoms with van der Waals surface area (Å²) in [4.78, 5) is 17.0. The van der Waals surface area contributed by atoms with Gasteiger partial charge in [0.1, 0.15) is 0 Å². The van der Waals surface area contributed by atoms with Crippen LogP contribution in [0.15, 0.2) is 12.1 Å². The van der Waals surface area contributed by atoms with Crippen LogP contribution in [0.25, 0.3) is 0 Å². The number of carbonyl (C=O) groups excluding carboxylic acids is 1. The lowest BCUT2D eigenvalue weighted by Gasteiger charge is -2.40. The van der Waals surface area contributed by atoms with Crippen molar-refractivity contribution in [1.82, 2.24) is 4.90 Å². The first-order chi connectivity index (χ1) is 9.55. The number of rotatable bonds is 6. The van der Waals surface area contributed by atoms with Gasteiger partial charge in [0.2, 0.25) is 5.91 Å². The number of methoxy groups -OCH3 is 1. The van der Waals surface area contributed by atoms with Crippen LogP contribution in [0.3, 0.4) is 0 Å². The van der Waals surface area contributed by atoms with Crippen LogP contribution in [-0.4, -0.2) is 37.6 Å². The first kappa shape index (κ1) is 15.5. The van der Waals surface area contributed by atoms with E-state index >= 15 is 0 Å². The van der Waals surface area contributed by atoms with Gasteiger partial charge in [-0.2, -0.15) is 0 Å². The van der Waals surface area contributed by atoms with Crippen LogP contribution in [0.5, 0.6) is 0 Å². The summed E-state index contributed by atoms with van der Waals surface area (Å²) in [6.07, 6.45) is 2.63. The maximum atomic E-state index is 11.9. The topological polar surface area (TPSA) is 55.6 Å². The number of hydrogen-bond donors (Lipinski definition) is 1. The quantitative estimate of drug-likeness (QED) is 0.875. The van der Waals surface area contributed by atoms with E-state index in [1.165, 1.54) is 9.75 Å². The molecule has 2 heterocycles. The summed E-state index contributed by atoms with van der Waals surface area (Å²) in [5.41, 5.74) is 5.27. The summed E-state index contributed by atoms with van der Waals surface area (Å²) in [7, 11) is 1.67. The molecule has 0 radical (unpaired) electrons. The molecule has 0 aromatic carbocycles. The van der Waals surface area contributed by atoms with Gasteiger partial charge in [-0.05, 0) is 44.9 Å². The zero-order valence-corrected chi connectivity index (χ0v) is 13.2. The van der Waals surface area contributed by atoms with Crippen molar-refractivity contribution in [3.05, 3.63) is 21.9 Å². The third-order valence-corrected chi connectivity index (χ3v) is 5.12. The minimum absolute atomic E-state index is 0.179. The lowest BCUT2D eigenvalue weighted by atomic mass is 9.76. The Labute approximate surface area is 124 Å². The van der Waals surface area contributed by atoms with Crippen molar-refractivity contribution in [2.45, 2.75) is 32.7 Å². The van der Waals surface area contributed by atoms with Crippen LogP contribution in [-0.2, 0) is 16.1 Å². The third-order valence-electron chi connectivity index (χ3n) is 4.14. The van der Waals surface area contributed by atoms with Crippen LogP contribution in [0.1, 0.15) is 29.0 Å². The van der Waals surface area contributed by atoms with Gasteiger partial charge in [-0.3, -0.25) is 9.69 Å². The molecular formula is C15H24N2O2S. The number of thiophene rings is 1. The number of aryl methyl sites for hydroxylation is 1. The van der Waals surface area contributed by atoms with Crippen LogP contribution in [0.4, 0.5) is 0 Å². The first-order valence-electron chi connectivity index (χ1n) is 7.12. The fourth-order valence-corrected chi connectivity index (χ4v) is 3.91. The highest BCUT2D eigenvalue weighted by atomic mass is 32.1. The maximum Gasteiger partial charge on any atom is 0.225 e. The molecule has 1 amide bonds. The molecule has 20 heavy (non-hydrogen) atoms. The van der Waals surface area contributed by atoms with Gasteiger partial charge in [-0.25, -0.2) is 0 Å². The van der Waals surface area contributed by atoms with Gasteiger partial charge in [-0.1, -0.05) is 0 Å². The second-order valence-electron chi connectivity index (χ2n) is 5.71. The van der Waals surface area contributed by atoms with E-state index < -0.39 is 5.41 Å². The largest absolute Gasteiger partial charge is 0.385 e. The number of carbonyl (C=O) groups is 1. The fraction of sp³-hybridized carbons (Fsp3) is 0.667. The van der Waals surface area contributed by atoms with Gasteiger partial charge in [0.25, 0.3) is 0 Å². The maximum absolute atomic E-state index is 11.9. The van der Waals surface area contributed by atoms with Crippen molar-refractivity contribution in [2.75, 3.05) is 26.8 Å². The average molecular weight is 296 g/mol. The summed E-state index contributed by atoms with van der Waals surface area (Å²) >= 11 is 1.83. The summed E-state index contributed by atoms with van der Waals surface area (Å²) in [6, 6.07) is 4.33. The summed E-state index contributed by atoms with van der Waals surface area (Å²) < 4.78 is 5.15. The van der Waals surface area contributed by atoms with Crippen LogP contribution < -0.4 is 5.73 Å². The second kappa shape index (κ2) is 6.70. The van der Waals surface area contributed by atoms with Crippen LogP contribution >= 0.6 is 11.3 Å². The Hall–Kier alpha value is -0.910. The van der Waals surface area contributed by atoms with Gasteiger partial charge in [-0.15, -0.1) is 11.3 Å². The lowest BCUT2D eigenvalue weighted by Crippen LogP contribution is -2.50. The number of hydrogen-bond acceptors (Lipinski definition) is 4. The Bertz CT molecular complexity index is 460. The average Bonchev–Trinajstić information content (AvgIpc) is 2.82. The molecule has 1 fully saturated rings. The summed E-state index contributed by atoms with van der Waals surface area (Å²) in [5.74, 6) is -0.179. The predicted molar refractivity (Wildman–Crippen MR) is 81.7 cm³/mol. The molecule has 1 aliphatic rings.